The summed E-state index contributed by atoms with van der Waals surface area (Å²) in [5.74, 6) is -0.787. The van der Waals surface area contributed by atoms with Crippen LogP contribution in [0.15, 0.2) is 48.5 Å². The first kappa shape index (κ1) is 20.8. The largest absolute Gasteiger partial charge is 0.330 e. The zero-order valence-corrected chi connectivity index (χ0v) is 18.0. The SMILES string of the molecule is NCC1(c2ccccc2)CC(NCc2ccc3c(c2)CN(C2CCC(=O)NC2=O)C3=O)C1. The highest BCUT2D eigenvalue weighted by atomic mass is 16.2. The fourth-order valence-electron chi connectivity index (χ4n) is 5.34. The molecule has 7 nitrogen and oxygen atoms in total. The topological polar surface area (TPSA) is 105 Å². The normalized spacial score (nSPS) is 27.2. The monoisotopic (exact) mass is 432 g/mol. The Morgan fingerprint density at radius 3 is 2.59 bits per heavy atom. The molecule has 1 saturated carbocycles. The van der Waals surface area contributed by atoms with Crippen LogP contribution in [0.4, 0.5) is 0 Å². The Morgan fingerprint density at radius 1 is 1.09 bits per heavy atom. The zero-order valence-electron chi connectivity index (χ0n) is 18.0. The number of carbonyl (C=O) groups excluding carboxylic acids is 3. The fourth-order valence-corrected chi connectivity index (χ4v) is 5.34. The highest BCUT2D eigenvalue weighted by molar-refractivity contribution is 6.05. The fraction of sp³-hybridized carbons (Fsp3) is 0.400. The van der Waals surface area contributed by atoms with E-state index < -0.39 is 6.04 Å². The Kier molecular flexibility index (Phi) is 5.31. The maximum atomic E-state index is 12.8. The van der Waals surface area contributed by atoms with Crippen LogP contribution in [0.5, 0.6) is 0 Å². The number of imide groups is 1. The maximum Gasteiger partial charge on any atom is 0.255 e. The number of nitrogens with one attached hydrogen (secondary N) is 2. The van der Waals surface area contributed by atoms with Crippen molar-refractivity contribution in [1.29, 1.82) is 0 Å². The number of nitrogens with zero attached hydrogens (tertiary/aromatic N) is 1. The first-order valence-corrected chi connectivity index (χ1v) is 11.2. The minimum Gasteiger partial charge on any atom is -0.330 e. The maximum absolute atomic E-state index is 12.8. The van der Waals surface area contributed by atoms with E-state index in [4.69, 9.17) is 5.73 Å². The minimum absolute atomic E-state index is 0.0612. The molecule has 2 aromatic carbocycles. The Labute approximate surface area is 187 Å². The van der Waals surface area contributed by atoms with Gasteiger partial charge in [0, 0.05) is 43.1 Å². The molecule has 0 spiro atoms. The van der Waals surface area contributed by atoms with Gasteiger partial charge in [-0.05, 0) is 42.0 Å². The van der Waals surface area contributed by atoms with E-state index in [2.05, 4.69) is 41.0 Å². The second kappa shape index (κ2) is 8.15. The van der Waals surface area contributed by atoms with Gasteiger partial charge in [0.25, 0.3) is 5.91 Å². The van der Waals surface area contributed by atoms with Crippen LogP contribution < -0.4 is 16.4 Å². The Hall–Kier alpha value is -3.03. The molecule has 5 rings (SSSR count). The molecule has 0 aromatic heterocycles. The van der Waals surface area contributed by atoms with Gasteiger partial charge in [0.1, 0.15) is 6.04 Å². The molecule has 3 amide bonds. The summed E-state index contributed by atoms with van der Waals surface area (Å²) in [4.78, 5) is 38.0. The molecule has 1 unspecified atom stereocenters. The summed E-state index contributed by atoms with van der Waals surface area (Å²) < 4.78 is 0. The molecule has 0 bridgehead atoms. The molecule has 1 saturated heterocycles. The summed E-state index contributed by atoms with van der Waals surface area (Å²) in [5, 5.41) is 5.97. The van der Waals surface area contributed by atoms with Gasteiger partial charge < -0.3 is 16.0 Å². The Bertz CT molecular complexity index is 1060. The van der Waals surface area contributed by atoms with Gasteiger partial charge in [0.2, 0.25) is 11.8 Å². The second-order valence-corrected chi connectivity index (χ2v) is 9.23. The average Bonchev–Trinajstić information content (AvgIpc) is 3.09. The van der Waals surface area contributed by atoms with Crippen molar-refractivity contribution in [2.24, 2.45) is 5.73 Å². The van der Waals surface area contributed by atoms with Gasteiger partial charge in [0.05, 0.1) is 0 Å². The van der Waals surface area contributed by atoms with E-state index in [1.165, 1.54) is 5.56 Å². The van der Waals surface area contributed by atoms with Crippen molar-refractivity contribution in [2.45, 2.75) is 56.3 Å². The van der Waals surface area contributed by atoms with Crippen LogP contribution in [0.2, 0.25) is 0 Å². The van der Waals surface area contributed by atoms with E-state index in [1.54, 1.807) is 4.90 Å². The average molecular weight is 433 g/mol. The lowest BCUT2D eigenvalue weighted by molar-refractivity contribution is -0.136. The number of nitrogens with two attached hydrogens (primary N) is 1. The molecule has 166 valence electrons. The molecule has 2 aromatic rings. The lowest BCUT2D eigenvalue weighted by Crippen LogP contribution is -2.55. The minimum atomic E-state index is -0.577. The quantitative estimate of drug-likeness (QED) is 0.602. The first-order valence-electron chi connectivity index (χ1n) is 11.2. The van der Waals surface area contributed by atoms with Gasteiger partial charge in [-0.25, -0.2) is 0 Å². The Balaban J connectivity index is 1.20. The van der Waals surface area contributed by atoms with Crippen molar-refractivity contribution in [3.63, 3.8) is 0 Å². The third kappa shape index (κ3) is 3.61. The molecule has 0 radical (unpaired) electrons. The molecule has 2 heterocycles. The summed E-state index contributed by atoms with van der Waals surface area (Å²) in [6, 6.07) is 16.2. The molecule has 2 aliphatic heterocycles. The van der Waals surface area contributed by atoms with E-state index in [1.807, 2.05) is 18.2 Å². The molecule has 2 fully saturated rings. The highest BCUT2D eigenvalue weighted by Crippen LogP contribution is 2.43. The predicted molar refractivity (Wildman–Crippen MR) is 120 cm³/mol. The van der Waals surface area contributed by atoms with Crippen LogP contribution in [-0.2, 0) is 28.1 Å². The van der Waals surface area contributed by atoms with E-state index in [9.17, 15) is 14.4 Å². The van der Waals surface area contributed by atoms with Crippen LogP contribution in [0.1, 0.15) is 52.7 Å². The van der Waals surface area contributed by atoms with Crippen LogP contribution >= 0.6 is 0 Å². The van der Waals surface area contributed by atoms with Gasteiger partial charge in [0.15, 0.2) is 0 Å². The lowest BCUT2D eigenvalue weighted by atomic mass is 9.61. The number of hydrogen-bond acceptors (Lipinski definition) is 5. The Morgan fingerprint density at radius 2 is 1.88 bits per heavy atom. The third-order valence-electron chi connectivity index (χ3n) is 7.23. The van der Waals surface area contributed by atoms with Gasteiger partial charge in [-0.1, -0.05) is 42.5 Å². The van der Waals surface area contributed by atoms with Crippen LogP contribution in [0.25, 0.3) is 0 Å². The number of carbonyl (C=O) groups is 3. The van der Waals surface area contributed by atoms with Gasteiger partial charge in [-0.15, -0.1) is 0 Å². The van der Waals surface area contributed by atoms with Crippen molar-refractivity contribution in [3.05, 3.63) is 70.8 Å². The van der Waals surface area contributed by atoms with Crippen LogP contribution in [0, 0.1) is 0 Å². The van der Waals surface area contributed by atoms with Crippen LogP contribution in [0.3, 0.4) is 0 Å². The van der Waals surface area contributed by atoms with E-state index in [-0.39, 0.29) is 29.6 Å². The van der Waals surface area contributed by atoms with Crippen LogP contribution in [-0.4, -0.2) is 41.2 Å². The number of fused-ring (bicyclic) bond motifs is 1. The molecule has 1 atom stereocenters. The number of amides is 3. The molecule has 7 heteroatoms. The first-order chi connectivity index (χ1) is 15.5. The van der Waals surface area contributed by atoms with Crippen molar-refractivity contribution in [3.8, 4) is 0 Å². The second-order valence-electron chi connectivity index (χ2n) is 9.23. The zero-order chi connectivity index (χ0) is 22.3. The van der Waals surface area contributed by atoms with Gasteiger partial charge in [-0.2, -0.15) is 0 Å². The smallest absolute Gasteiger partial charge is 0.255 e. The van der Waals surface area contributed by atoms with Crippen molar-refractivity contribution >= 4 is 17.7 Å². The molecule has 3 aliphatic rings. The van der Waals surface area contributed by atoms with Crippen molar-refractivity contribution in [1.82, 2.24) is 15.5 Å². The van der Waals surface area contributed by atoms with Crippen molar-refractivity contribution in [2.75, 3.05) is 6.54 Å². The van der Waals surface area contributed by atoms with Crippen molar-refractivity contribution < 1.29 is 14.4 Å². The van der Waals surface area contributed by atoms with E-state index in [0.717, 1.165) is 30.5 Å². The van der Waals surface area contributed by atoms with Gasteiger partial charge >= 0.3 is 0 Å². The summed E-state index contributed by atoms with van der Waals surface area (Å²) in [5.41, 5.74) is 10.2. The standard InChI is InChI=1S/C25H28N4O3/c26-15-25(18-4-2-1-3-5-18)11-19(12-25)27-13-16-6-7-20-17(10-16)14-29(24(20)32)21-8-9-22(30)28-23(21)31/h1-7,10,19,21,27H,8-9,11-15,26H2,(H,28,30,31). The van der Waals surface area contributed by atoms with Gasteiger partial charge in [-0.3, -0.25) is 19.7 Å². The molecule has 32 heavy (non-hydrogen) atoms. The molecule has 4 N–H and O–H groups in total. The lowest BCUT2D eigenvalue weighted by Gasteiger charge is -2.48. The summed E-state index contributed by atoms with van der Waals surface area (Å²) in [6.07, 6.45) is 2.67. The summed E-state index contributed by atoms with van der Waals surface area (Å²) >= 11 is 0. The predicted octanol–water partition coefficient (Wildman–Crippen LogP) is 1.60. The summed E-state index contributed by atoms with van der Waals surface area (Å²) in [7, 11) is 0. The van der Waals surface area contributed by atoms with E-state index in [0.29, 0.717) is 31.1 Å². The molecular formula is C25H28N4O3. The number of hydrogen-bond donors (Lipinski definition) is 3. The molecule has 1 aliphatic carbocycles. The molecular weight excluding hydrogens is 404 g/mol. The number of benzene rings is 2. The number of piperidine rings is 1. The summed E-state index contributed by atoms with van der Waals surface area (Å²) in [6.45, 7) is 1.77. The third-order valence-corrected chi connectivity index (χ3v) is 7.23. The number of rotatable bonds is 6. The van der Waals surface area contributed by atoms with E-state index >= 15 is 0 Å². The highest BCUT2D eigenvalue weighted by Gasteiger charge is 2.44.